The van der Waals surface area contributed by atoms with Gasteiger partial charge in [0.2, 0.25) is 5.91 Å². The van der Waals surface area contributed by atoms with Crippen LogP contribution >= 0.6 is 35.0 Å². The average molecular weight is 651 g/mol. The van der Waals surface area contributed by atoms with Gasteiger partial charge in [-0.2, -0.15) is 0 Å². The summed E-state index contributed by atoms with van der Waals surface area (Å²) >= 11 is 13.7. The first-order valence-corrected chi connectivity index (χ1v) is 14.6. The molecule has 0 aliphatic rings. The molecular weight excluding hydrogens is 625 g/mol. The van der Waals surface area contributed by atoms with Gasteiger partial charge in [0.15, 0.2) is 0 Å². The second-order valence-corrected chi connectivity index (χ2v) is 11.5. The largest absolute Gasteiger partial charge is 0.507 e. The third kappa shape index (κ3) is 8.41. The highest BCUT2D eigenvalue weighted by Gasteiger charge is 2.19. The minimum atomic E-state index is -1.32. The number of rotatable bonds is 10. The monoisotopic (exact) mass is 649 g/mol. The van der Waals surface area contributed by atoms with E-state index in [2.05, 4.69) is 16.0 Å². The van der Waals surface area contributed by atoms with E-state index in [0.717, 1.165) is 4.90 Å². The molecule has 224 valence electrons. The smallest absolute Gasteiger partial charge is 0.339 e. The van der Waals surface area contributed by atoms with Gasteiger partial charge in [0.05, 0.1) is 15.3 Å². The molecule has 0 bridgehead atoms. The zero-order valence-corrected chi connectivity index (χ0v) is 25.3. The number of phenols is 1. The third-order valence-corrected chi connectivity index (χ3v) is 8.04. The van der Waals surface area contributed by atoms with Crippen molar-refractivity contribution in [3.05, 3.63) is 123 Å². The Morgan fingerprint density at radius 2 is 1.52 bits per heavy atom. The minimum Gasteiger partial charge on any atom is -0.507 e. The number of carboxylic acids is 1. The molecule has 4 rings (SSSR count). The Labute approximate surface area is 266 Å². The number of hydrogen-bond donors (Lipinski definition) is 5. The molecule has 4 aromatic carbocycles. The van der Waals surface area contributed by atoms with Crippen molar-refractivity contribution < 1.29 is 29.4 Å². The Morgan fingerprint density at radius 3 is 2.20 bits per heavy atom. The van der Waals surface area contributed by atoms with Gasteiger partial charge < -0.3 is 26.2 Å². The molecular formula is C32H25Cl2N3O6S. The number of hydrogen-bond acceptors (Lipinski definition) is 6. The van der Waals surface area contributed by atoms with Crippen LogP contribution in [0, 0.1) is 0 Å². The van der Waals surface area contributed by atoms with Gasteiger partial charge in [-0.1, -0.05) is 53.5 Å². The highest BCUT2D eigenvalue weighted by atomic mass is 35.5. The molecule has 0 aromatic heterocycles. The summed E-state index contributed by atoms with van der Waals surface area (Å²) in [6, 6.07) is 23.9. The van der Waals surface area contributed by atoms with E-state index in [4.69, 9.17) is 23.2 Å². The molecule has 0 saturated heterocycles. The maximum Gasteiger partial charge on any atom is 0.339 e. The molecule has 0 saturated carbocycles. The molecule has 1 atom stereocenters. The summed E-state index contributed by atoms with van der Waals surface area (Å²) in [5.41, 5.74) is 1.07. The van der Waals surface area contributed by atoms with E-state index < -0.39 is 28.8 Å². The van der Waals surface area contributed by atoms with Crippen LogP contribution in [-0.4, -0.2) is 39.2 Å². The molecule has 0 heterocycles. The summed E-state index contributed by atoms with van der Waals surface area (Å²) in [5.74, 6) is -3.19. The number of halogens is 2. The first-order chi connectivity index (χ1) is 21.0. The quantitative estimate of drug-likeness (QED) is 0.0712. The second-order valence-electron chi connectivity index (χ2n) is 9.29. The van der Waals surface area contributed by atoms with Gasteiger partial charge in [-0.3, -0.25) is 14.4 Å². The van der Waals surface area contributed by atoms with E-state index in [1.54, 1.807) is 79.7 Å². The van der Waals surface area contributed by atoms with Crippen molar-refractivity contribution in [1.82, 2.24) is 5.32 Å². The van der Waals surface area contributed by atoms with Crippen LogP contribution in [0.5, 0.6) is 5.75 Å². The summed E-state index contributed by atoms with van der Waals surface area (Å²) in [4.78, 5) is 50.8. The lowest BCUT2D eigenvalue weighted by molar-refractivity contribution is -0.115. The van der Waals surface area contributed by atoms with Crippen molar-refractivity contribution in [1.29, 1.82) is 0 Å². The number of amides is 3. The Hall–Kier alpha value is -4.77. The number of anilines is 2. The fourth-order valence-corrected chi connectivity index (χ4v) is 5.06. The van der Waals surface area contributed by atoms with Crippen molar-refractivity contribution in [2.24, 2.45) is 0 Å². The molecule has 1 unspecified atom stereocenters. The van der Waals surface area contributed by atoms with Crippen LogP contribution in [-0.2, 0) is 9.59 Å². The first-order valence-electron chi connectivity index (χ1n) is 13.0. The molecule has 3 amide bonds. The second kappa shape index (κ2) is 14.6. The van der Waals surface area contributed by atoms with E-state index in [9.17, 15) is 29.4 Å². The van der Waals surface area contributed by atoms with E-state index in [-0.39, 0.29) is 27.9 Å². The molecule has 0 spiro atoms. The van der Waals surface area contributed by atoms with E-state index in [1.165, 1.54) is 36.0 Å². The molecule has 0 aliphatic heterocycles. The summed E-state index contributed by atoms with van der Waals surface area (Å²) in [6.45, 7) is 1.68. The predicted molar refractivity (Wildman–Crippen MR) is 172 cm³/mol. The molecule has 0 fully saturated rings. The maximum absolute atomic E-state index is 13.3. The fraction of sp³-hybridized carbons (Fsp3) is 0.0625. The van der Waals surface area contributed by atoms with Gasteiger partial charge in [-0.05, 0) is 79.2 Å². The van der Waals surface area contributed by atoms with Crippen LogP contribution < -0.4 is 16.0 Å². The summed E-state index contributed by atoms with van der Waals surface area (Å²) in [6.07, 6.45) is 1.43. The predicted octanol–water partition coefficient (Wildman–Crippen LogP) is 6.93. The number of carbonyl (C=O) groups excluding carboxylic acids is 3. The normalized spacial score (nSPS) is 11.8. The van der Waals surface area contributed by atoms with Gasteiger partial charge in [0.25, 0.3) is 11.8 Å². The van der Waals surface area contributed by atoms with Gasteiger partial charge >= 0.3 is 5.97 Å². The van der Waals surface area contributed by atoms with Gasteiger partial charge in [-0.25, -0.2) is 4.79 Å². The van der Waals surface area contributed by atoms with E-state index in [0.29, 0.717) is 21.8 Å². The Kier molecular flexibility index (Phi) is 10.7. The van der Waals surface area contributed by atoms with Crippen LogP contribution in [0.25, 0.3) is 6.08 Å². The Bertz CT molecular complexity index is 1750. The lowest BCUT2D eigenvalue weighted by Gasteiger charge is -2.14. The van der Waals surface area contributed by atoms with E-state index in [1.807, 2.05) is 0 Å². The molecule has 0 aliphatic carbocycles. The van der Waals surface area contributed by atoms with E-state index >= 15 is 0 Å². The SMILES string of the molecule is CC(Sc1ccc(NC(=O)/C(=C/c2cccc(Cl)c2Cl)NC(=O)c2ccccc2)cc1)C(=O)Nc1ccc(O)c(C(=O)O)c1. The van der Waals surface area contributed by atoms with Crippen molar-refractivity contribution >= 4 is 76.1 Å². The van der Waals surface area contributed by atoms with Gasteiger partial charge in [-0.15, -0.1) is 11.8 Å². The lowest BCUT2D eigenvalue weighted by atomic mass is 10.1. The number of carbonyl (C=O) groups is 4. The zero-order valence-electron chi connectivity index (χ0n) is 23.0. The van der Waals surface area contributed by atoms with Crippen molar-refractivity contribution in [3.8, 4) is 5.75 Å². The fourth-order valence-electron chi connectivity index (χ4n) is 3.83. The molecule has 44 heavy (non-hydrogen) atoms. The molecule has 5 N–H and O–H groups in total. The number of aromatic hydroxyl groups is 1. The Balaban J connectivity index is 1.45. The van der Waals surface area contributed by atoms with Crippen LogP contribution in [0.15, 0.2) is 102 Å². The van der Waals surface area contributed by atoms with Gasteiger partial charge in [0.1, 0.15) is 17.0 Å². The van der Waals surface area contributed by atoms with Crippen LogP contribution in [0.3, 0.4) is 0 Å². The standard InChI is InChI=1S/C32H25Cl2N3O6S/c1-18(29(39)36-22-12-15-27(38)24(17-22)32(42)43)44-23-13-10-21(11-14-23)35-31(41)26(16-20-8-5-9-25(33)28(20)34)37-30(40)19-6-3-2-4-7-19/h2-18,38H,1H3,(H,35,41)(H,36,39)(H,37,40)(H,42,43)/b26-16-. The summed E-state index contributed by atoms with van der Waals surface area (Å²) < 4.78 is 0. The van der Waals surface area contributed by atoms with Gasteiger partial charge in [0, 0.05) is 21.8 Å². The third-order valence-electron chi connectivity index (χ3n) is 6.10. The minimum absolute atomic E-state index is 0.0629. The summed E-state index contributed by atoms with van der Waals surface area (Å²) in [7, 11) is 0. The van der Waals surface area contributed by atoms with Crippen LogP contribution in [0.1, 0.15) is 33.2 Å². The first kappa shape index (κ1) is 32.2. The maximum atomic E-state index is 13.3. The average Bonchev–Trinajstić information content (AvgIpc) is 3.01. The Morgan fingerprint density at radius 1 is 0.841 bits per heavy atom. The van der Waals surface area contributed by atoms with Crippen molar-refractivity contribution in [2.45, 2.75) is 17.1 Å². The lowest BCUT2D eigenvalue weighted by Crippen LogP contribution is -2.30. The van der Waals surface area contributed by atoms with Crippen molar-refractivity contribution in [2.75, 3.05) is 10.6 Å². The summed E-state index contributed by atoms with van der Waals surface area (Å²) in [5, 5.41) is 26.8. The number of nitrogens with one attached hydrogen (secondary N) is 3. The van der Waals surface area contributed by atoms with Crippen molar-refractivity contribution in [3.63, 3.8) is 0 Å². The van der Waals surface area contributed by atoms with Crippen LogP contribution in [0.4, 0.5) is 11.4 Å². The highest BCUT2D eigenvalue weighted by Crippen LogP contribution is 2.29. The number of thioether (sulfide) groups is 1. The number of benzene rings is 4. The topological polar surface area (TPSA) is 145 Å². The molecule has 12 heteroatoms. The zero-order chi connectivity index (χ0) is 31.8. The van der Waals surface area contributed by atoms with Crippen LogP contribution in [0.2, 0.25) is 10.0 Å². The number of carboxylic acid groups (broad SMARTS) is 1. The molecule has 9 nitrogen and oxygen atoms in total. The number of aromatic carboxylic acids is 1. The molecule has 4 aromatic rings. The molecule has 0 radical (unpaired) electrons. The highest BCUT2D eigenvalue weighted by molar-refractivity contribution is 8.00.